The molecule has 2 aliphatic heterocycles. The van der Waals surface area contributed by atoms with E-state index in [4.69, 9.17) is 10.6 Å². The van der Waals surface area contributed by atoms with Crippen LogP contribution >= 0.6 is 46.2 Å². The van der Waals surface area contributed by atoms with Crippen LogP contribution in [0.5, 0.6) is 0 Å². The molecule has 2 atom stereocenters. The van der Waals surface area contributed by atoms with Crippen LogP contribution in [0.25, 0.3) is 10.6 Å². The Balaban J connectivity index is 0.00000353. The molecule has 4 heterocycles. The number of rotatable bonds is 9. The van der Waals surface area contributed by atoms with E-state index >= 15 is 0 Å². The minimum atomic E-state index is -1.23. The molecule has 1 aliphatic carbocycles. The maximum atomic E-state index is 13.3. The van der Waals surface area contributed by atoms with Gasteiger partial charge in [-0.25, -0.2) is 9.78 Å². The summed E-state index contributed by atoms with van der Waals surface area (Å²) in [7, 11) is 0. The minimum Gasteiger partial charge on any atom is -0.477 e. The quantitative estimate of drug-likeness (QED) is 0.134. The second kappa shape index (κ2) is 13.4. The molecule has 2 fully saturated rings. The Morgan fingerprint density at radius 2 is 1.95 bits per heavy atom. The second-order valence-electron chi connectivity index (χ2n) is 9.30. The van der Waals surface area contributed by atoms with Gasteiger partial charge >= 0.3 is 5.97 Å². The van der Waals surface area contributed by atoms with Gasteiger partial charge in [0.2, 0.25) is 0 Å². The summed E-state index contributed by atoms with van der Waals surface area (Å²) in [5.74, 6) is -2.08. The first-order chi connectivity index (χ1) is 19.9. The first-order valence-corrected chi connectivity index (χ1v) is 16.2. The Kier molecular flexibility index (Phi) is 9.92. The zero-order valence-electron chi connectivity index (χ0n) is 22.3. The number of carboxylic acid groups (broad SMARTS) is 1. The van der Waals surface area contributed by atoms with Gasteiger partial charge in [-0.2, -0.15) is 0 Å². The smallest absolute Gasteiger partial charge is 0.353 e. The number of benzene rings is 1. The predicted octanol–water partition coefficient (Wildman–Crippen LogP) is 3.01. The van der Waals surface area contributed by atoms with Gasteiger partial charge in [0.05, 0.1) is 0 Å². The predicted molar refractivity (Wildman–Crippen MR) is 163 cm³/mol. The standard InChI is InChI=1S/C25H23N7O5S4.Na/c26-24-27-14(10-39-24)16(31-37-13-8-4-5-9-13)19(33)28-17-21(34)32-18(23(35)36)15(11-38-22(17)32)40-25-30-29-20(41-25)12-6-2-1-3-7-12;/h1-3,6-7,10,13,17,22H,4-5,8-9,11H2,(H2,26,27)(H,28,33)(H,35,36);/b31-16-;/t17-,22-;/m1./s1. The van der Waals surface area contributed by atoms with Crippen LogP contribution in [0.2, 0.25) is 0 Å². The van der Waals surface area contributed by atoms with Crippen molar-refractivity contribution in [2.75, 3.05) is 11.5 Å². The van der Waals surface area contributed by atoms with E-state index in [1.54, 1.807) is 5.38 Å². The molecule has 0 spiro atoms. The number of nitrogens with one attached hydrogen (secondary N) is 1. The van der Waals surface area contributed by atoms with E-state index in [1.165, 1.54) is 39.8 Å². The van der Waals surface area contributed by atoms with E-state index in [2.05, 4.69) is 25.7 Å². The summed E-state index contributed by atoms with van der Waals surface area (Å²) < 4.78 is 0.570. The minimum absolute atomic E-state index is 0. The van der Waals surface area contributed by atoms with Gasteiger partial charge in [-0.05, 0) is 25.7 Å². The summed E-state index contributed by atoms with van der Waals surface area (Å²) in [6, 6.07) is 8.62. The fourth-order valence-corrected chi connectivity index (χ4v) is 8.70. The maximum absolute atomic E-state index is 13.3. The molecule has 1 saturated carbocycles. The van der Waals surface area contributed by atoms with Crippen molar-refractivity contribution >= 4 is 104 Å². The summed E-state index contributed by atoms with van der Waals surface area (Å²) >= 11 is 5.05. The van der Waals surface area contributed by atoms with Crippen molar-refractivity contribution in [3.8, 4) is 10.6 Å². The summed E-state index contributed by atoms with van der Waals surface area (Å²) in [6.07, 6.45) is 3.68. The maximum Gasteiger partial charge on any atom is 0.353 e. The van der Waals surface area contributed by atoms with Crippen LogP contribution in [0.4, 0.5) is 5.13 Å². The monoisotopic (exact) mass is 652 g/mol. The number of nitrogen functional groups attached to an aromatic ring is 1. The zero-order valence-corrected chi connectivity index (χ0v) is 27.5. The number of hydrogen-bond acceptors (Lipinski definition) is 13. The second-order valence-corrected chi connectivity index (χ2v) is 13.6. The topological polar surface area (TPSA) is 173 Å². The van der Waals surface area contributed by atoms with E-state index in [0.717, 1.165) is 42.6 Å². The number of amides is 2. The normalized spacial score (nSPS) is 20.5. The average molecular weight is 653 g/mol. The largest absolute Gasteiger partial charge is 0.477 e. The van der Waals surface area contributed by atoms with E-state index in [9.17, 15) is 19.5 Å². The van der Waals surface area contributed by atoms with Crippen LogP contribution in [0, 0.1) is 0 Å². The summed E-state index contributed by atoms with van der Waals surface area (Å²) in [5, 5.41) is 27.3. The molecule has 1 saturated heterocycles. The molecular formula is C25H23N7NaO5S4. The van der Waals surface area contributed by atoms with E-state index < -0.39 is 29.2 Å². The van der Waals surface area contributed by atoms with Gasteiger partial charge in [0.25, 0.3) is 11.8 Å². The number of nitrogens with zero attached hydrogens (tertiary/aromatic N) is 5. The number of fused-ring (bicyclic) bond motifs is 1. The Morgan fingerprint density at radius 1 is 1.19 bits per heavy atom. The van der Waals surface area contributed by atoms with E-state index in [0.29, 0.717) is 20.0 Å². The Morgan fingerprint density at radius 3 is 2.64 bits per heavy atom. The number of hydrogen-bond donors (Lipinski definition) is 3. The summed E-state index contributed by atoms with van der Waals surface area (Å²) in [5.41, 5.74) is 6.74. The number of aliphatic carboxylic acids is 1. The van der Waals surface area contributed by atoms with Crippen molar-refractivity contribution in [2.45, 2.75) is 47.5 Å². The van der Waals surface area contributed by atoms with Crippen LogP contribution in [0.15, 0.2) is 55.8 Å². The fraction of sp³-hybridized carbons (Fsp3) is 0.320. The van der Waals surface area contributed by atoms with Gasteiger partial charge in [0.1, 0.15) is 33.9 Å². The van der Waals surface area contributed by atoms with Gasteiger partial charge in [-0.15, -0.1) is 33.3 Å². The van der Waals surface area contributed by atoms with Gasteiger partial charge in [-0.3, -0.25) is 14.5 Å². The molecular weight excluding hydrogens is 630 g/mol. The molecule has 213 valence electrons. The molecule has 1 radical (unpaired) electrons. The number of oxime groups is 1. The number of nitrogens with two attached hydrogens (primary N) is 1. The molecule has 42 heavy (non-hydrogen) atoms. The first kappa shape index (κ1) is 31.0. The fourth-order valence-electron chi connectivity index (χ4n) is 4.65. The van der Waals surface area contributed by atoms with Crippen molar-refractivity contribution in [1.29, 1.82) is 0 Å². The molecule has 3 aliphatic rings. The van der Waals surface area contributed by atoms with Crippen LogP contribution in [0.3, 0.4) is 0 Å². The van der Waals surface area contributed by atoms with Crippen LogP contribution in [-0.4, -0.2) is 102 Å². The molecule has 17 heteroatoms. The third-order valence-corrected chi connectivity index (χ3v) is 10.9. The number of β-lactam (4-membered cyclic amide) rings is 1. The third-order valence-electron chi connectivity index (χ3n) is 6.64. The molecule has 3 aromatic rings. The molecule has 4 N–H and O–H groups in total. The van der Waals surface area contributed by atoms with Gasteiger partial charge in [-0.1, -0.05) is 58.6 Å². The zero-order chi connectivity index (χ0) is 28.5. The Labute approximate surface area is 278 Å². The number of aromatic nitrogens is 3. The number of anilines is 1. The number of carbonyl (C=O) groups is 3. The molecule has 0 bridgehead atoms. The van der Waals surface area contributed by atoms with Crippen LogP contribution < -0.4 is 11.1 Å². The summed E-state index contributed by atoms with van der Waals surface area (Å²) in [6.45, 7) is 0. The van der Waals surface area contributed by atoms with Crippen molar-refractivity contribution in [2.24, 2.45) is 5.16 Å². The Bertz CT molecular complexity index is 1560. The molecule has 6 rings (SSSR count). The van der Waals surface area contributed by atoms with Gasteiger partial charge in [0, 0.05) is 51.2 Å². The van der Waals surface area contributed by atoms with Crippen molar-refractivity contribution < 1.29 is 24.3 Å². The van der Waals surface area contributed by atoms with Gasteiger partial charge in [0.15, 0.2) is 15.2 Å². The van der Waals surface area contributed by atoms with Gasteiger partial charge < -0.3 is 21.0 Å². The number of carboxylic acids is 1. The van der Waals surface area contributed by atoms with Crippen molar-refractivity contribution in [1.82, 2.24) is 25.4 Å². The molecule has 1 aromatic carbocycles. The SMILES string of the molecule is Nc1nc(/C(=N/OC2CCCC2)C(=O)N[C@@H]2C(=O)N3C(C(=O)O)=C(Sc4nnc(-c5ccccc5)s4)CS[C@H]23)cs1.[Na]. The van der Waals surface area contributed by atoms with Crippen LogP contribution in [-0.2, 0) is 19.2 Å². The van der Waals surface area contributed by atoms with E-state index in [1.807, 2.05) is 30.3 Å². The number of thioether (sulfide) groups is 2. The Hall–Kier alpha value is -2.47. The number of thiazole rings is 1. The molecule has 12 nitrogen and oxygen atoms in total. The first-order valence-electron chi connectivity index (χ1n) is 12.6. The van der Waals surface area contributed by atoms with Crippen molar-refractivity contribution in [3.05, 3.63) is 52.0 Å². The third kappa shape index (κ3) is 6.39. The summed E-state index contributed by atoms with van der Waals surface area (Å²) in [4.78, 5) is 50.3. The van der Waals surface area contributed by atoms with E-state index in [-0.39, 0.29) is 57.9 Å². The van der Waals surface area contributed by atoms with Crippen molar-refractivity contribution in [3.63, 3.8) is 0 Å². The van der Waals surface area contributed by atoms with Crippen LogP contribution in [0.1, 0.15) is 31.4 Å². The average Bonchev–Trinajstić information content (AvgIpc) is 3.75. The number of carbonyl (C=O) groups excluding carboxylic acids is 2. The molecule has 2 aromatic heterocycles. The molecule has 2 amide bonds. The molecule has 0 unspecified atom stereocenters.